The van der Waals surface area contributed by atoms with Crippen molar-refractivity contribution in [1.82, 2.24) is 0 Å². The Labute approximate surface area is 67.0 Å². The van der Waals surface area contributed by atoms with E-state index in [4.69, 9.17) is 0 Å². The molecule has 0 aromatic rings. The van der Waals surface area contributed by atoms with Gasteiger partial charge in [-0.05, 0) is 12.3 Å². The molecule has 9 heavy (non-hydrogen) atoms. The molecule has 0 aliphatic heterocycles. The van der Waals surface area contributed by atoms with Crippen LogP contribution in [-0.4, -0.2) is 10.9 Å². The molecule has 1 atom stereocenters. The average molecular weight is 164 g/mol. The van der Waals surface area contributed by atoms with E-state index in [0.29, 0.717) is 12.3 Å². The first kappa shape index (κ1) is 9.37. The smallest absolute Gasteiger partial charge is 0.120 e. The number of rotatable bonds is 4. The van der Waals surface area contributed by atoms with Gasteiger partial charge < -0.3 is 4.79 Å². The van der Waals surface area contributed by atoms with Gasteiger partial charge in [-0.1, -0.05) is 6.92 Å². The summed E-state index contributed by atoms with van der Waals surface area (Å²) in [5, 5.41) is 0. The van der Waals surface area contributed by atoms with Gasteiger partial charge >= 0.3 is 0 Å². The number of carbonyl (C=O) groups excluding carboxylic acids is 1. The Bertz CT molecular complexity index is 83.1. The minimum absolute atomic E-state index is 0.102. The first-order chi connectivity index (χ1) is 4.18. The topological polar surface area (TPSA) is 17.1 Å². The van der Waals surface area contributed by atoms with Crippen LogP contribution in [0.25, 0.3) is 0 Å². The third kappa shape index (κ3) is 4.85. The molecular formula is C6H12OS2. The molecule has 0 saturated heterocycles. The van der Waals surface area contributed by atoms with E-state index >= 15 is 0 Å². The summed E-state index contributed by atoms with van der Waals surface area (Å²) in [6.45, 7) is 2.04. The van der Waals surface area contributed by atoms with Crippen LogP contribution in [0.4, 0.5) is 0 Å². The minimum Gasteiger partial charge on any atom is -0.303 e. The number of thiol groups is 2. The molecular weight excluding hydrogens is 152 g/mol. The van der Waals surface area contributed by atoms with Crippen molar-refractivity contribution in [2.24, 2.45) is 5.92 Å². The van der Waals surface area contributed by atoms with Gasteiger partial charge in [-0.15, -0.1) is 0 Å². The first-order valence-electron chi connectivity index (χ1n) is 2.98. The fraction of sp³-hybridized carbons (Fsp3) is 0.833. The Kier molecular flexibility index (Phi) is 5.39. The molecule has 3 heteroatoms. The molecule has 1 nitrogen and oxygen atoms in total. The molecule has 0 amide bonds. The van der Waals surface area contributed by atoms with Crippen LogP contribution in [0.15, 0.2) is 0 Å². The van der Waals surface area contributed by atoms with Gasteiger partial charge in [0.15, 0.2) is 0 Å². The SMILES string of the molecule is CC(CCC=O)C(S)S. The molecule has 1 unspecified atom stereocenters. The van der Waals surface area contributed by atoms with Gasteiger partial charge in [0.05, 0.1) is 0 Å². The molecule has 0 spiro atoms. The van der Waals surface area contributed by atoms with E-state index in [-0.39, 0.29) is 4.58 Å². The summed E-state index contributed by atoms with van der Waals surface area (Å²) < 4.78 is 0.102. The van der Waals surface area contributed by atoms with Crippen molar-refractivity contribution in [1.29, 1.82) is 0 Å². The molecule has 0 rings (SSSR count). The molecule has 0 aliphatic carbocycles. The zero-order valence-corrected chi connectivity index (χ0v) is 7.24. The van der Waals surface area contributed by atoms with E-state index in [1.165, 1.54) is 0 Å². The summed E-state index contributed by atoms with van der Waals surface area (Å²) in [5.74, 6) is 0.418. The molecule has 0 aliphatic rings. The Morgan fingerprint density at radius 2 is 2.11 bits per heavy atom. The zero-order valence-electron chi connectivity index (χ0n) is 5.45. The second kappa shape index (κ2) is 5.18. The standard InChI is InChI=1S/C6H12OS2/c1-5(6(8)9)3-2-4-7/h4-6,8-9H,2-3H2,1H3. The van der Waals surface area contributed by atoms with Gasteiger partial charge in [-0.2, -0.15) is 25.3 Å². The van der Waals surface area contributed by atoms with E-state index in [0.717, 1.165) is 12.7 Å². The maximum absolute atomic E-state index is 9.88. The normalized spacial score (nSPS) is 13.8. The summed E-state index contributed by atoms with van der Waals surface area (Å²) >= 11 is 8.23. The fourth-order valence-corrected chi connectivity index (χ4v) is 0.778. The molecule has 0 aromatic carbocycles. The number of carbonyl (C=O) groups is 1. The Morgan fingerprint density at radius 1 is 1.56 bits per heavy atom. The highest BCUT2D eigenvalue weighted by Crippen LogP contribution is 2.17. The maximum Gasteiger partial charge on any atom is 0.120 e. The maximum atomic E-state index is 9.88. The highest BCUT2D eigenvalue weighted by molar-refractivity contribution is 7.99. The minimum atomic E-state index is 0.102. The lowest BCUT2D eigenvalue weighted by atomic mass is 10.1. The summed E-state index contributed by atoms with van der Waals surface area (Å²) in [5.41, 5.74) is 0. The number of hydrogen-bond acceptors (Lipinski definition) is 3. The van der Waals surface area contributed by atoms with E-state index in [9.17, 15) is 4.79 Å². The summed E-state index contributed by atoms with van der Waals surface area (Å²) in [4.78, 5) is 9.88. The Hall–Kier alpha value is 0.370. The number of hydrogen-bond donors (Lipinski definition) is 2. The largest absolute Gasteiger partial charge is 0.303 e. The molecule has 0 bridgehead atoms. The second-order valence-corrected chi connectivity index (χ2v) is 3.65. The molecule has 54 valence electrons. The van der Waals surface area contributed by atoms with Crippen LogP contribution < -0.4 is 0 Å². The highest BCUT2D eigenvalue weighted by Gasteiger charge is 2.06. The van der Waals surface area contributed by atoms with Crippen LogP contribution in [0.1, 0.15) is 19.8 Å². The summed E-state index contributed by atoms with van der Waals surface area (Å²) in [6, 6.07) is 0. The lowest BCUT2D eigenvalue weighted by molar-refractivity contribution is -0.108. The molecule has 0 saturated carbocycles. The molecule has 0 radical (unpaired) electrons. The molecule has 0 heterocycles. The van der Waals surface area contributed by atoms with E-state index in [1.54, 1.807) is 0 Å². The van der Waals surface area contributed by atoms with Crippen molar-refractivity contribution in [3.05, 3.63) is 0 Å². The fourth-order valence-electron chi connectivity index (χ4n) is 0.480. The second-order valence-electron chi connectivity index (χ2n) is 2.13. The van der Waals surface area contributed by atoms with Crippen molar-refractivity contribution in [3.8, 4) is 0 Å². The van der Waals surface area contributed by atoms with E-state index < -0.39 is 0 Å². The van der Waals surface area contributed by atoms with Gasteiger partial charge in [0.1, 0.15) is 6.29 Å². The highest BCUT2D eigenvalue weighted by atomic mass is 32.2. The van der Waals surface area contributed by atoms with Gasteiger partial charge in [0.25, 0.3) is 0 Å². The monoisotopic (exact) mass is 164 g/mol. The van der Waals surface area contributed by atoms with Crippen LogP contribution in [0, 0.1) is 5.92 Å². The van der Waals surface area contributed by atoms with E-state index in [2.05, 4.69) is 25.3 Å². The quantitative estimate of drug-likeness (QED) is 0.368. The van der Waals surface area contributed by atoms with Gasteiger partial charge in [-0.3, -0.25) is 0 Å². The predicted octanol–water partition coefficient (Wildman–Crippen LogP) is 1.79. The summed E-state index contributed by atoms with van der Waals surface area (Å²) in [7, 11) is 0. The Morgan fingerprint density at radius 3 is 2.44 bits per heavy atom. The average Bonchev–Trinajstić information content (AvgIpc) is 1.82. The van der Waals surface area contributed by atoms with Crippen molar-refractivity contribution in [2.75, 3.05) is 0 Å². The zero-order chi connectivity index (χ0) is 7.28. The van der Waals surface area contributed by atoms with Crippen molar-refractivity contribution in [2.45, 2.75) is 24.3 Å². The Balaban J connectivity index is 3.26. The van der Waals surface area contributed by atoms with Crippen molar-refractivity contribution in [3.63, 3.8) is 0 Å². The lowest BCUT2D eigenvalue weighted by Gasteiger charge is -2.10. The van der Waals surface area contributed by atoms with Crippen molar-refractivity contribution < 1.29 is 4.79 Å². The molecule has 0 aromatic heterocycles. The lowest BCUT2D eigenvalue weighted by Crippen LogP contribution is -2.04. The van der Waals surface area contributed by atoms with E-state index in [1.807, 2.05) is 6.92 Å². The van der Waals surface area contributed by atoms with Crippen LogP contribution in [0.3, 0.4) is 0 Å². The van der Waals surface area contributed by atoms with Gasteiger partial charge in [0, 0.05) is 11.0 Å². The van der Waals surface area contributed by atoms with Gasteiger partial charge in [0.2, 0.25) is 0 Å². The third-order valence-electron chi connectivity index (χ3n) is 1.25. The summed E-state index contributed by atoms with van der Waals surface area (Å²) in [6.07, 6.45) is 2.44. The molecule has 0 N–H and O–H groups in total. The number of aldehydes is 1. The van der Waals surface area contributed by atoms with Crippen molar-refractivity contribution >= 4 is 31.5 Å². The predicted molar refractivity (Wildman–Crippen MR) is 46.2 cm³/mol. The first-order valence-corrected chi connectivity index (χ1v) is 4.01. The van der Waals surface area contributed by atoms with Crippen LogP contribution in [0.2, 0.25) is 0 Å². The van der Waals surface area contributed by atoms with Crippen LogP contribution in [0.5, 0.6) is 0 Å². The van der Waals surface area contributed by atoms with Crippen LogP contribution in [-0.2, 0) is 4.79 Å². The third-order valence-corrected chi connectivity index (χ3v) is 2.27. The van der Waals surface area contributed by atoms with Gasteiger partial charge in [-0.25, -0.2) is 0 Å². The van der Waals surface area contributed by atoms with Crippen LogP contribution >= 0.6 is 25.3 Å². The molecule has 0 fully saturated rings.